The maximum atomic E-state index is 12.7. The Morgan fingerprint density at radius 2 is 1.91 bits per heavy atom. The molecule has 1 N–H and O–H groups in total. The Bertz CT molecular complexity index is 1170. The lowest BCUT2D eigenvalue weighted by atomic mass is 10.0. The molecule has 4 aliphatic rings. The predicted molar refractivity (Wildman–Crippen MR) is 121 cm³/mol. The number of hydrogen-bond donors (Lipinski definition) is 1. The molecule has 0 aliphatic carbocycles. The summed E-state index contributed by atoms with van der Waals surface area (Å²) in [4.78, 5) is 42.6. The van der Waals surface area contributed by atoms with Gasteiger partial charge in [-0.1, -0.05) is 0 Å². The van der Waals surface area contributed by atoms with Crippen LogP contribution in [0.15, 0.2) is 29.5 Å². The van der Waals surface area contributed by atoms with Crippen LogP contribution in [0.25, 0.3) is 0 Å². The molecule has 1 aromatic carbocycles. The smallest absolute Gasteiger partial charge is 0.238 e. The van der Waals surface area contributed by atoms with E-state index in [0.717, 1.165) is 0 Å². The molecular formula is C23H23N7O3. The van der Waals surface area contributed by atoms with Crippen LogP contribution in [-0.4, -0.2) is 65.7 Å². The Hall–Kier alpha value is -4.00. The zero-order valence-corrected chi connectivity index (χ0v) is 18.0. The number of piperazine rings is 1. The number of anilines is 2. The number of benzene rings is 1. The number of carbonyl (C=O) groups is 2. The molecule has 4 bridgehead atoms. The van der Waals surface area contributed by atoms with E-state index in [9.17, 15) is 14.9 Å². The number of ether oxygens (including phenoxy) is 1. The monoisotopic (exact) mass is 445 g/mol. The molecule has 1 atom stereocenters. The maximum absolute atomic E-state index is 12.7. The average Bonchev–Trinajstić information content (AvgIpc) is 3.17. The molecule has 10 nitrogen and oxygen atoms in total. The van der Waals surface area contributed by atoms with Gasteiger partial charge >= 0.3 is 0 Å². The summed E-state index contributed by atoms with van der Waals surface area (Å²) in [6.07, 6.45) is 4.92. The summed E-state index contributed by atoms with van der Waals surface area (Å²) in [7, 11) is 0. The van der Waals surface area contributed by atoms with Crippen molar-refractivity contribution in [3.8, 4) is 11.8 Å². The van der Waals surface area contributed by atoms with E-state index in [1.54, 1.807) is 24.4 Å². The van der Waals surface area contributed by atoms with Crippen molar-refractivity contribution in [1.29, 1.82) is 5.26 Å². The second-order valence-electron chi connectivity index (χ2n) is 8.17. The van der Waals surface area contributed by atoms with Gasteiger partial charge in [0.25, 0.3) is 0 Å². The summed E-state index contributed by atoms with van der Waals surface area (Å²) >= 11 is 0. The van der Waals surface area contributed by atoms with Crippen molar-refractivity contribution in [3.63, 3.8) is 0 Å². The van der Waals surface area contributed by atoms with Gasteiger partial charge in [-0.2, -0.15) is 5.26 Å². The van der Waals surface area contributed by atoms with Crippen molar-refractivity contribution >= 4 is 35.4 Å². The topological polar surface area (TPSA) is 124 Å². The van der Waals surface area contributed by atoms with Gasteiger partial charge in [-0.05, 0) is 25.0 Å². The van der Waals surface area contributed by atoms with Crippen LogP contribution in [0.4, 0.5) is 17.3 Å². The predicted octanol–water partition coefficient (Wildman–Crippen LogP) is 2.00. The number of fused-ring (bicyclic) bond motifs is 7. The Morgan fingerprint density at radius 1 is 1.09 bits per heavy atom. The minimum Gasteiger partial charge on any atom is -0.492 e. The summed E-state index contributed by atoms with van der Waals surface area (Å²) in [6, 6.07) is 7.18. The highest BCUT2D eigenvalue weighted by molar-refractivity contribution is 6.13. The largest absolute Gasteiger partial charge is 0.492 e. The van der Waals surface area contributed by atoms with Crippen LogP contribution >= 0.6 is 0 Å². The van der Waals surface area contributed by atoms with Crippen LogP contribution in [0.5, 0.6) is 5.75 Å². The van der Waals surface area contributed by atoms with Gasteiger partial charge < -0.3 is 19.9 Å². The molecule has 1 fully saturated rings. The Morgan fingerprint density at radius 3 is 2.73 bits per heavy atom. The molecule has 2 amide bonds. The number of nitrogens with zero attached hydrogens (tertiary/aromatic N) is 6. The lowest BCUT2D eigenvalue weighted by molar-refractivity contribution is -0.131. The number of nitriles is 1. The van der Waals surface area contributed by atoms with Crippen molar-refractivity contribution in [1.82, 2.24) is 14.9 Å². The number of amides is 2. The Kier molecular flexibility index (Phi) is 5.60. The van der Waals surface area contributed by atoms with Gasteiger partial charge in [0.1, 0.15) is 35.7 Å². The third-order valence-electron chi connectivity index (χ3n) is 6.13. The van der Waals surface area contributed by atoms with Crippen molar-refractivity contribution in [2.75, 3.05) is 43.0 Å². The van der Waals surface area contributed by atoms with Gasteiger partial charge in [0.15, 0.2) is 0 Å². The van der Waals surface area contributed by atoms with E-state index >= 15 is 0 Å². The van der Waals surface area contributed by atoms with E-state index < -0.39 is 5.92 Å². The zero-order chi connectivity index (χ0) is 22.8. The van der Waals surface area contributed by atoms with Gasteiger partial charge in [-0.25, -0.2) is 9.97 Å². The van der Waals surface area contributed by atoms with E-state index in [2.05, 4.69) is 31.2 Å². The highest BCUT2D eigenvalue weighted by Crippen LogP contribution is 2.37. The van der Waals surface area contributed by atoms with Crippen LogP contribution in [0.3, 0.4) is 0 Å². The van der Waals surface area contributed by atoms with Crippen LogP contribution in [0.1, 0.15) is 36.3 Å². The molecule has 0 saturated carbocycles. The first kappa shape index (κ1) is 20.9. The second kappa shape index (κ2) is 8.86. The molecule has 4 aliphatic heterocycles. The number of rotatable bonds is 0. The molecule has 1 unspecified atom stereocenters. The molecular weight excluding hydrogens is 422 g/mol. The molecule has 33 heavy (non-hydrogen) atoms. The summed E-state index contributed by atoms with van der Waals surface area (Å²) < 4.78 is 5.82. The number of aliphatic imine (C=N–C) groups is 1. The number of nitrogens with one attached hydrogen (secondary N) is 1. The Labute approximate surface area is 190 Å². The summed E-state index contributed by atoms with van der Waals surface area (Å²) in [5.74, 6) is 0.878. The minimum absolute atomic E-state index is 0.130. The van der Waals surface area contributed by atoms with Gasteiger partial charge in [-0.3, -0.25) is 14.6 Å². The van der Waals surface area contributed by atoms with Crippen LogP contribution in [0.2, 0.25) is 0 Å². The van der Waals surface area contributed by atoms with Gasteiger partial charge in [-0.15, -0.1) is 0 Å². The zero-order valence-electron chi connectivity index (χ0n) is 18.0. The van der Waals surface area contributed by atoms with Crippen molar-refractivity contribution < 1.29 is 14.3 Å². The third kappa shape index (κ3) is 4.09. The molecule has 1 saturated heterocycles. The highest BCUT2D eigenvalue weighted by atomic mass is 16.5. The summed E-state index contributed by atoms with van der Waals surface area (Å²) in [6.45, 7) is 2.88. The van der Waals surface area contributed by atoms with Crippen LogP contribution < -0.4 is 15.0 Å². The number of carbonyl (C=O) groups excluding carboxylic acids is 2. The lowest BCUT2D eigenvalue weighted by Crippen LogP contribution is -2.49. The number of hydrogen-bond acceptors (Lipinski definition) is 8. The van der Waals surface area contributed by atoms with E-state index in [4.69, 9.17) is 4.74 Å². The molecule has 0 radical (unpaired) electrons. The fourth-order valence-electron chi connectivity index (χ4n) is 4.34. The maximum Gasteiger partial charge on any atom is 0.238 e. The quantitative estimate of drug-likeness (QED) is 0.658. The highest BCUT2D eigenvalue weighted by Gasteiger charge is 2.36. The fraction of sp³-hybridized carbons (Fsp3) is 0.391. The second-order valence-corrected chi connectivity index (χ2v) is 8.17. The van der Waals surface area contributed by atoms with Crippen LogP contribution in [0, 0.1) is 11.3 Å². The normalized spacial score (nSPS) is 20.4. The van der Waals surface area contributed by atoms with E-state index in [-0.39, 0.29) is 11.8 Å². The van der Waals surface area contributed by atoms with E-state index in [1.807, 2.05) is 4.90 Å². The minimum atomic E-state index is -0.644. The average molecular weight is 445 g/mol. The van der Waals surface area contributed by atoms with Gasteiger partial charge in [0.05, 0.1) is 23.4 Å². The Balaban J connectivity index is 1.53. The molecule has 6 rings (SSSR count). The van der Waals surface area contributed by atoms with Crippen molar-refractivity contribution in [2.24, 2.45) is 4.99 Å². The van der Waals surface area contributed by atoms with Crippen molar-refractivity contribution in [2.45, 2.75) is 25.2 Å². The van der Waals surface area contributed by atoms with E-state index in [1.165, 1.54) is 6.33 Å². The van der Waals surface area contributed by atoms with E-state index in [0.29, 0.717) is 86.2 Å². The van der Waals surface area contributed by atoms with Gasteiger partial charge in [0.2, 0.25) is 11.8 Å². The first-order valence-corrected chi connectivity index (χ1v) is 11.0. The third-order valence-corrected chi connectivity index (χ3v) is 6.13. The molecule has 0 spiro atoms. The number of aromatic nitrogens is 2. The molecule has 2 aromatic rings. The van der Waals surface area contributed by atoms with Crippen LogP contribution in [-0.2, 0) is 9.59 Å². The standard InChI is InChI=1S/C23H23N7O3/c24-12-15-4-5-16-11-18(15)33-10-2-1-3-19(31)29-6-8-30(9-7-29)22-20-17(13-25-16)23(32)28-21(20)26-14-27-22/h4-5,11,13-14,17H,1-3,6-10H2,(H,26,27,28,32). The molecule has 5 heterocycles. The fourth-order valence-corrected chi connectivity index (χ4v) is 4.34. The first-order chi connectivity index (χ1) is 16.1. The molecule has 1 aromatic heterocycles. The summed E-state index contributed by atoms with van der Waals surface area (Å²) in [5.41, 5.74) is 1.68. The van der Waals surface area contributed by atoms with Crippen molar-refractivity contribution in [3.05, 3.63) is 35.7 Å². The molecule has 10 heteroatoms. The SMILES string of the molecule is N#Cc1ccc2cc1OCCCCC(=O)N1CCN(CC1)c1ncnc3c1C(C=N2)C(=O)N3. The first-order valence-electron chi connectivity index (χ1n) is 11.0. The van der Waals surface area contributed by atoms with Gasteiger partial charge in [0, 0.05) is 44.9 Å². The lowest BCUT2D eigenvalue weighted by Gasteiger charge is -2.36. The molecule has 168 valence electrons. The summed E-state index contributed by atoms with van der Waals surface area (Å²) in [5, 5.41) is 12.2.